The smallest absolute Gasteiger partial charge is 0.336 e. The average molecular weight is 199 g/mol. The van der Waals surface area contributed by atoms with Crippen LogP contribution in [-0.4, -0.2) is 23.4 Å². The lowest BCUT2D eigenvalue weighted by Gasteiger charge is -2.06. The third-order valence-corrected chi connectivity index (χ3v) is 1.78. The van der Waals surface area contributed by atoms with Crippen LogP contribution in [0.4, 0.5) is 11.4 Å². The van der Waals surface area contributed by atoms with Crippen molar-refractivity contribution in [1.82, 2.24) is 0 Å². The van der Waals surface area contributed by atoms with Crippen LogP contribution in [0.15, 0.2) is 12.1 Å². The minimum absolute atomic E-state index is 0.0105. The van der Waals surface area contributed by atoms with E-state index in [9.17, 15) is 4.79 Å². The van der Waals surface area contributed by atoms with Crippen LogP contribution in [0.1, 0.15) is 10.4 Å². The van der Waals surface area contributed by atoms with Crippen LogP contribution in [0.5, 0.6) is 5.75 Å². The van der Waals surface area contributed by atoms with Crippen LogP contribution in [-0.2, 0) is 0 Å². The van der Waals surface area contributed by atoms with E-state index in [2.05, 4.69) is 0 Å². The van der Waals surface area contributed by atoms with Crippen molar-refractivity contribution in [2.24, 2.45) is 0 Å². The van der Waals surface area contributed by atoms with Crippen molar-refractivity contribution in [3.05, 3.63) is 17.7 Å². The molecule has 6 N–H and O–H groups in total. The fourth-order valence-electron chi connectivity index (χ4n) is 1.05. The Labute approximate surface area is 79.9 Å². The first-order chi connectivity index (χ1) is 6.60. The average Bonchev–Trinajstić information content (AvgIpc) is 2.17. The number of nitrogens with two attached hydrogens (primary N) is 2. The maximum Gasteiger partial charge on any atom is 0.336 e. The molecule has 0 saturated heterocycles. The van der Waals surface area contributed by atoms with E-state index >= 15 is 0 Å². The molecule has 0 fully saturated rings. The van der Waals surface area contributed by atoms with Crippen LogP contribution < -0.4 is 16.0 Å². The van der Waals surface area contributed by atoms with Gasteiger partial charge in [0, 0.05) is 6.07 Å². The fraction of sp³-hybridized carbons (Fsp3) is 0.125. The lowest BCUT2D eigenvalue weighted by molar-refractivity contribution is -0.825. The van der Waals surface area contributed by atoms with Crippen molar-refractivity contribution in [3.8, 4) is 5.75 Å². The highest BCUT2D eigenvalue weighted by atomic mass is 16.5. The van der Waals surface area contributed by atoms with Gasteiger partial charge in [0.25, 0.3) is 0 Å². The quantitative estimate of drug-likeness (QED) is 0.389. The molecule has 0 aliphatic heterocycles. The number of anilines is 1. The van der Waals surface area contributed by atoms with Crippen molar-refractivity contribution < 1.29 is 25.3 Å². The molecule has 6 nitrogen and oxygen atoms in total. The number of hydrogen-bond donors (Lipinski definition) is 4. The van der Waals surface area contributed by atoms with Crippen molar-refractivity contribution in [2.45, 2.75) is 0 Å². The first-order valence-corrected chi connectivity index (χ1v) is 3.78. The molecule has 0 amide bonds. The lowest BCUT2D eigenvalue weighted by Crippen LogP contribution is -2.74. The van der Waals surface area contributed by atoms with Gasteiger partial charge in [-0.3, -0.25) is 0 Å². The van der Waals surface area contributed by atoms with Gasteiger partial charge in [-0.1, -0.05) is 0 Å². The summed E-state index contributed by atoms with van der Waals surface area (Å²) >= 11 is 0. The highest BCUT2D eigenvalue weighted by Gasteiger charge is 2.14. The Balaban J connectivity index is 3.32. The second-order valence-electron chi connectivity index (χ2n) is 2.62. The van der Waals surface area contributed by atoms with Crippen LogP contribution in [0, 0.1) is 0 Å². The molecule has 0 saturated carbocycles. The number of nitrogen functional groups attached to an aromatic ring is 1. The van der Waals surface area contributed by atoms with E-state index in [-0.39, 0.29) is 22.7 Å². The normalized spacial score (nSPS) is 9.86. The summed E-state index contributed by atoms with van der Waals surface area (Å²) in [5.41, 5.74) is 6.75. The van der Waals surface area contributed by atoms with Crippen LogP contribution in [0.3, 0.4) is 0 Å². The highest BCUT2D eigenvalue weighted by molar-refractivity contribution is 5.91. The van der Waals surface area contributed by atoms with Gasteiger partial charge in [-0.15, -0.1) is 0 Å². The van der Waals surface area contributed by atoms with Gasteiger partial charge in [0.1, 0.15) is 11.4 Å². The van der Waals surface area contributed by atoms with E-state index in [1.54, 1.807) is 0 Å². The number of ether oxygens (including phenoxy) is 1. The number of benzene rings is 1. The Hall–Kier alpha value is -1.79. The Morgan fingerprint density at radius 3 is 2.64 bits per heavy atom. The number of aromatic carboxylic acids is 1. The van der Waals surface area contributed by atoms with Crippen molar-refractivity contribution in [2.75, 3.05) is 12.8 Å². The lowest BCUT2D eigenvalue weighted by atomic mass is 10.1. The van der Waals surface area contributed by atoms with Gasteiger partial charge in [-0.25, -0.2) is 10.0 Å². The fourth-order valence-corrected chi connectivity index (χ4v) is 1.05. The zero-order valence-corrected chi connectivity index (χ0v) is 7.52. The van der Waals surface area contributed by atoms with Gasteiger partial charge in [0.05, 0.1) is 12.7 Å². The maximum absolute atomic E-state index is 10.7. The van der Waals surface area contributed by atoms with E-state index in [0.717, 1.165) is 5.48 Å². The summed E-state index contributed by atoms with van der Waals surface area (Å²) in [6, 6.07) is 2.56. The van der Waals surface area contributed by atoms with E-state index < -0.39 is 5.97 Å². The Morgan fingerprint density at radius 1 is 1.57 bits per heavy atom. The molecule has 0 unspecified atom stereocenters. The molecule has 0 radical (unpaired) electrons. The van der Waals surface area contributed by atoms with Gasteiger partial charge in [-0.05, 0) is 6.07 Å². The van der Waals surface area contributed by atoms with Gasteiger partial charge in [0.15, 0.2) is 5.69 Å². The minimum atomic E-state index is -1.11. The second kappa shape index (κ2) is 3.95. The summed E-state index contributed by atoms with van der Waals surface area (Å²) in [6.07, 6.45) is 0. The second-order valence-corrected chi connectivity index (χ2v) is 2.62. The molecule has 0 aliphatic rings. The number of hydrogen-bond acceptors (Lipinski definition) is 4. The van der Waals surface area contributed by atoms with Crippen molar-refractivity contribution >= 4 is 17.3 Å². The van der Waals surface area contributed by atoms with Crippen molar-refractivity contribution in [1.29, 1.82) is 0 Å². The number of quaternary nitrogens is 1. The molecule has 0 aliphatic carbocycles. The van der Waals surface area contributed by atoms with Gasteiger partial charge < -0.3 is 15.6 Å². The summed E-state index contributed by atoms with van der Waals surface area (Å²) in [5, 5.41) is 17.5. The summed E-state index contributed by atoms with van der Waals surface area (Å²) in [4.78, 5) is 10.7. The number of methoxy groups -OCH3 is 1. The molecule has 0 heterocycles. The first kappa shape index (κ1) is 10.3. The SMILES string of the molecule is COc1cc(C(=O)O)cc([NH2+]O)c1N. The first-order valence-electron chi connectivity index (χ1n) is 3.78. The van der Waals surface area contributed by atoms with E-state index in [1.807, 2.05) is 0 Å². The predicted molar refractivity (Wildman–Crippen MR) is 47.7 cm³/mol. The van der Waals surface area contributed by atoms with Crippen LogP contribution >= 0.6 is 0 Å². The molecule has 0 atom stereocenters. The molecule has 0 spiro atoms. The topological polar surface area (TPSA) is 109 Å². The monoisotopic (exact) mass is 199 g/mol. The maximum atomic E-state index is 10.7. The molecule has 76 valence electrons. The summed E-state index contributed by atoms with van der Waals surface area (Å²) in [6.45, 7) is 0. The standard InChI is InChI=1S/C8H10N2O4/c1-14-6-3-4(8(11)12)2-5(10-13)7(6)9/h2-3,10,13H,9H2,1H3,(H,11,12)/p+1. The third-order valence-electron chi connectivity index (χ3n) is 1.78. The number of carboxylic acid groups (broad SMARTS) is 1. The largest absolute Gasteiger partial charge is 0.494 e. The molecule has 0 aromatic heterocycles. The molecular formula is C8H11N2O4+. The number of rotatable bonds is 3. The third kappa shape index (κ3) is 1.76. The summed E-state index contributed by atoms with van der Waals surface area (Å²) in [5.74, 6) is -0.878. The molecule has 0 bridgehead atoms. The van der Waals surface area contributed by atoms with E-state index in [1.165, 1.54) is 19.2 Å². The van der Waals surface area contributed by atoms with Crippen molar-refractivity contribution in [3.63, 3.8) is 0 Å². The van der Waals surface area contributed by atoms with Crippen LogP contribution in [0.2, 0.25) is 0 Å². The van der Waals surface area contributed by atoms with Gasteiger partial charge >= 0.3 is 5.97 Å². The number of carbonyl (C=O) groups is 1. The Kier molecular flexibility index (Phi) is 2.90. The Bertz CT molecular complexity index is 339. The molecule has 6 heteroatoms. The summed E-state index contributed by atoms with van der Waals surface area (Å²) < 4.78 is 4.86. The molecular weight excluding hydrogens is 188 g/mol. The number of carboxylic acids is 1. The highest BCUT2D eigenvalue weighted by Crippen LogP contribution is 2.28. The molecule has 1 aromatic carbocycles. The molecule has 1 rings (SSSR count). The van der Waals surface area contributed by atoms with Gasteiger partial charge in [-0.2, -0.15) is 5.48 Å². The predicted octanol–water partition coefficient (Wildman–Crippen LogP) is -0.440. The van der Waals surface area contributed by atoms with E-state index in [4.69, 9.17) is 20.8 Å². The zero-order valence-electron chi connectivity index (χ0n) is 7.52. The minimum Gasteiger partial charge on any atom is -0.494 e. The Morgan fingerprint density at radius 2 is 2.21 bits per heavy atom. The van der Waals surface area contributed by atoms with Crippen LogP contribution in [0.25, 0.3) is 0 Å². The van der Waals surface area contributed by atoms with E-state index in [0.29, 0.717) is 0 Å². The zero-order chi connectivity index (χ0) is 10.7. The van der Waals surface area contributed by atoms with Gasteiger partial charge in [0.2, 0.25) is 0 Å². The molecule has 1 aromatic rings. The molecule has 14 heavy (non-hydrogen) atoms. The summed E-state index contributed by atoms with van der Waals surface area (Å²) in [7, 11) is 1.37.